The molecule has 1 amide bonds. The van der Waals surface area contributed by atoms with Gasteiger partial charge in [0.2, 0.25) is 0 Å². The van der Waals surface area contributed by atoms with Gasteiger partial charge in [-0.05, 0) is 63.1 Å². The Morgan fingerprint density at radius 2 is 2.04 bits per heavy atom. The third-order valence-electron chi connectivity index (χ3n) is 5.02. The van der Waals surface area contributed by atoms with E-state index in [2.05, 4.69) is 30.0 Å². The number of carbonyl (C=O) groups is 1. The molecule has 1 aliphatic rings. The van der Waals surface area contributed by atoms with Gasteiger partial charge in [-0.1, -0.05) is 18.9 Å². The summed E-state index contributed by atoms with van der Waals surface area (Å²) in [6.07, 6.45) is 5.01. The molecule has 152 valence electrons. The molecule has 1 saturated heterocycles. The Labute approximate surface area is 171 Å². The molecule has 1 aromatic carbocycles. The van der Waals surface area contributed by atoms with E-state index < -0.39 is 5.91 Å². The summed E-state index contributed by atoms with van der Waals surface area (Å²) in [6.45, 7) is 6.48. The number of nitrogens with zero attached hydrogens (tertiary/aromatic N) is 1. The average molecular weight is 403 g/mol. The van der Waals surface area contributed by atoms with E-state index in [4.69, 9.17) is 15.2 Å². The molecule has 5 nitrogen and oxygen atoms in total. The van der Waals surface area contributed by atoms with Gasteiger partial charge >= 0.3 is 0 Å². The number of hydrogen-bond donors (Lipinski definition) is 1. The number of rotatable bonds is 8. The number of amides is 1. The maximum Gasteiger partial charge on any atom is 0.255 e. The van der Waals surface area contributed by atoms with Crippen LogP contribution in [0.3, 0.4) is 0 Å². The summed E-state index contributed by atoms with van der Waals surface area (Å²) in [5, 5.41) is 0. The van der Waals surface area contributed by atoms with E-state index in [0.29, 0.717) is 24.1 Å². The molecule has 2 heterocycles. The van der Waals surface area contributed by atoms with Gasteiger partial charge in [0.1, 0.15) is 0 Å². The van der Waals surface area contributed by atoms with Gasteiger partial charge in [0.05, 0.1) is 6.61 Å². The molecular formula is C22H30N2O3S. The summed E-state index contributed by atoms with van der Waals surface area (Å²) < 4.78 is 11.2. The van der Waals surface area contributed by atoms with Crippen LogP contribution in [0.15, 0.2) is 30.3 Å². The maximum atomic E-state index is 11.0. The molecular weight excluding hydrogens is 372 g/mol. The number of primary amides is 1. The summed E-state index contributed by atoms with van der Waals surface area (Å²) in [6, 6.07) is 11.0. The van der Waals surface area contributed by atoms with Crippen LogP contribution < -0.4 is 15.2 Å². The topological polar surface area (TPSA) is 64.8 Å². The van der Waals surface area contributed by atoms with Gasteiger partial charge in [0, 0.05) is 22.3 Å². The standard InChI is InChI=1S/C22H30N2O3S/c1-3-26-20-13-17(9-10-19(20)27-15-22(23)25)14-24-12-6-4-5-7-18(24)21-11-8-16(2)28-21/h8-11,13,18H,3-7,12,14-15H2,1-2H3,(H2,23,25)/t18-/m1/s1. The number of ether oxygens (including phenoxy) is 2. The van der Waals surface area contributed by atoms with Crippen molar-refractivity contribution in [3.63, 3.8) is 0 Å². The molecule has 28 heavy (non-hydrogen) atoms. The highest BCUT2D eigenvalue weighted by Gasteiger charge is 2.24. The second-order valence-electron chi connectivity index (χ2n) is 7.25. The number of hydrogen-bond acceptors (Lipinski definition) is 5. The number of carbonyl (C=O) groups excluding carboxylic acids is 1. The molecule has 0 aliphatic carbocycles. The van der Waals surface area contributed by atoms with Crippen LogP contribution in [0.25, 0.3) is 0 Å². The van der Waals surface area contributed by atoms with Crippen LogP contribution in [0.5, 0.6) is 11.5 Å². The lowest BCUT2D eigenvalue weighted by molar-refractivity contribution is -0.119. The first-order valence-corrected chi connectivity index (χ1v) is 10.9. The molecule has 3 rings (SSSR count). The van der Waals surface area contributed by atoms with E-state index in [-0.39, 0.29) is 6.61 Å². The fourth-order valence-electron chi connectivity index (χ4n) is 3.73. The van der Waals surface area contributed by atoms with Crippen molar-refractivity contribution in [3.8, 4) is 11.5 Å². The zero-order valence-electron chi connectivity index (χ0n) is 16.8. The van der Waals surface area contributed by atoms with Gasteiger partial charge in [0.15, 0.2) is 18.1 Å². The highest BCUT2D eigenvalue weighted by atomic mass is 32.1. The van der Waals surface area contributed by atoms with Crippen molar-refractivity contribution in [2.75, 3.05) is 19.8 Å². The first-order chi connectivity index (χ1) is 13.6. The number of nitrogens with two attached hydrogens (primary N) is 1. The Hall–Kier alpha value is -2.05. The number of thiophene rings is 1. The van der Waals surface area contributed by atoms with E-state index >= 15 is 0 Å². The van der Waals surface area contributed by atoms with Crippen molar-refractivity contribution in [1.29, 1.82) is 0 Å². The normalized spacial score (nSPS) is 17.9. The third kappa shape index (κ3) is 5.49. The zero-order chi connectivity index (χ0) is 19.9. The molecule has 0 bridgehead atoms. The molecule has 6 heteroatoms. The van der Waals surface area contributed by atoms with Gasteiger partial charge < -0.3 is 15.2 Å². The largest absolute Gasteiger partial charge is 0.490 e. The van der Waals surface area contributed by atoms with Gasteiger partial charge in [-0.2, -0.15) is 0 Å². The Morgan fingerprint density at radius 1 is 1.18 bits per heavy atom. The monoisotopic (exact) mass is 402 g/mol. The zero-order valence-corrected chi connectivity index (χ0v) is 17.6. The van der Waals surface area contributed by atoms with Gasteiger partial charge in [-0.15, -0.1) is 11.3 Å². The lowest BCUT2D eigenvalue weighted by atomic mass is 10.1. The maximum absolute atomic E-state index is 11.0. The lowest BCUT2D eigenvalue weighted by Gasteiger charge is -2.29. The Balaban J connectivity index is 1.79. The van der Waals surface area contributed by atoms with Crippen LogP contribution >= 0.6 is 11.3 Å². The van der Waals surface area contributed by atoms with Gasteiger partial charge in [-0.25, -0.2) is 0 Å². The van der Waals surface area contributed by atoms with Crippen LogP contribution in [-0.2, 0) is 11.3 Å². The molecule has 0 saturated carbocycles. The van der Waals surface area contributed by atoms with E-state index in [0.717, 1.165) is 13.1 Å². The highest BCUT2D eigenvalue weighted by molar-refractivity contribution is 7.12. The first-order valence-electron chi connectivity index (χ1n) is 10.0. The van der Waals surface area contributed by atoms with Gasteiger partial charge in [-0.3, -0.25) is 9.69 Å². The van der Waals surface area contributed by atoms with Crippen LogP contribution in [0, 0.1) is 6.92 Å². The minimum absolute atomic E-state index is 0.147. The van der Waals surface area contributed by atoms with Crippen LogP contribution in [-0.4, -0.2) is 30.6 Å². The number of aryl methyl sites for hydroxylation is 1. The molecule has 1 aliphatic heterocycles. The predicted octanol–water partition coefficient (Wildman–Crippen LogP) is 4.44. The summed E-state index contributed by atoms with van der Waals surface area (Å²) in [5.41, 5.74) is 6.38. The average Bonchev–Trinajstić information content (AvgIpc) is 2.96. The summed E-state index contributed by atoms with van der Waals surface area (Å²) in [5.74, 6) is 0.732. The van der Waals surface area contributed by atoms with Crippen molar-refractivity contribution in [2.24, 2.45) is 5.73 Å². The number of likely N-dealkylation sites (tertiary alicyclic amines) is 1. The molecule has 1 aromatic heterocycles. The van der Waals surface area contributed by atoms with E-state index in [9.17, 15) is 4.79 Å². The summed E-state index contributed by atoms with van der Waals surface area (Å²) in [4.78, 5) is 16.5. The van der Waals surface area contributed by atoms with E-state index in [1.54, 1.807) is 0 Å². The van der Waals surface area contributed by atoms with Gasteiger partial charge in [0.25, 0.3) is 5.91 Å². The summed E-state index contributed by atoms with van der Waals surface area (Å²) >= 11 is 1.91. The van der Waals surface area contributed by atoms with Crippen molar-refractivity contribution in [1.82, 2.24) is 4.90 Å². The van der Waals surface area contributed by atoms with Crippen molar-refractivity contribution < 1.29 is 14.3 Å². The van der Waals surface area contributed by atoms with Crippen molar-refractivity contribution in [2.45, 2.75) is 52.1 Å². The molecule has 0 radical (unpaired) electrons. The first kappa shape index (κ1) is 20.7. The number of benzene rings is 1. The SMILES string of the molecule is CCOc1cc(CN2CCCCC[C@@H]2c2ccc(C)s2)ccc1OCC(N)=O. The van der Waals surface area contributed by atoms with Crippen LogP contribution in [0.2, 0.25) is 0 Å². The van der Waals surface area contributed by atoms with E-state index in [1.807, 2.05) is 30.4 Å². The van der Waals surface area contributed by atoms with Crippen molar-refractivity contribution in [3.05, 3.63) is 45.6 Å². The van der Waals surface area contributed by atoms with Crippen molar-refractivity contribution >= 4 is 17.2 Å². The van der Waals surface area contributed by atoms with E-state index in [1.165, 1.54) is 41.0 Å². The Bertz CT molecular complexity index is 790. The lowest BCUT2D eigenvalue weighted by Crippen LogP contribution is -2.27. The van der Waals surface area contributed by atoms with Crippen LogP contribution in [0.1, 0.15) is 54.0 Å². The Morgan fingerprint density at radius 3 is 2.75 bits per heavy atom. The Kier molecular flexibility index (Phi) is 7.34. The molecule has 1 fully saturated rings. The fourth-order valence-corrected chi connectivity index (χ4v) is 4.78. The van der Waals surface area contributed by atoms with Crippen LogP contribution in [0.4, 0.5) is 0 Å². The third-order valence-corrected chi connectivity index (χ3v) is 6.12. The summed E-state index contributed by atoms with van der Waals surface area (Å²) in [7, 11) is 0. The molecule has 2 N–H and O–H groups in total. The fraction of sp³-hybridized carbons (Fsp3) is 0.500. The molecule has 2 aromatic rings. The molecule has 0 unspecified atom stereocenters. The minimum Gasteiger partial charge on any atom is -0.490 e. The quantitative estimate of drug-likeness (QED) is 0.709. The minimum atomic E-state index is -0.495. The highest BCUT2D eigenvalue weighted by Crippen LogP contribution is 2.36. The molecule has 1 atom stereocenters. The second-order valence-corrected chi connectivity index (χ2v) is 8.57. The second kappa shape index (κ2) is 9.94. The molecule has 0 spiro atoms. The predicted molar refractivity (Wildman–Crippen MR) is 113 cm³/mol. The smallest absolute Gasteiger partial charge is 0.255 e.